The average molecular weight is 248 g/mol. The summed E-state index contributed by atoms with van der Waals surface area (Å²) in [7, 11) is 0. The maximum atomic E-state index is 11.7. The van der Waals surface area contributed by atoms with Crippen LogP contribution in [0.25, 0.3) is 0 Å². The lowest BCUT2D eigenvalue weighted by Gasteiger charge is -2.37. The van der Waals surface area contributed by atoms with E-state index >= 15 is 0 Å². The van der Waals surface area contributed by atoms with Crippen molar-refractivity contribution in [3.05, 3.63) is 0 Å². The van der Waals surface area contributed by atoms with Gasteiger partial charge in [-0.25, -0.2) is 0 Å². The van der Waals surface area contributed by atoms with Crippen LogP contribution in [0.1, 0.15) is 25.7 Å². The third-order valence-electron chi connectivity index (χ3n) is 3.22. The standard InChI is InChI=1S/C11H18ClNO3/c12-5-1-2-10(14)13-6-3-11(4-7-13)15-8-9-16-11/h1-9H2. The molecule has 0 radical (unpaired) electrons. The van der Waals surface area contributed by atoms with Crippen molar-refractivity contribution < 1.29 is 14.3 Å². The second-order valence-electron chi connectivity index (χ2n) is 4.28. The summed E-state index contributed by atoms with van der Waals surface area (Å²) < 4.78 is 11.2. The zero-order valence-corrected chi connectivity index (χ0v) is 10.2. The number of ether oxygens (including phenoxy) is 2. The molecule has 0 aliphatic carbocycles. The molecule has 2 aliphatic heterocycles. The van der Waals surface area contributed by atoms with Gasteiger partial charge in [0.15, 0.2) is 5.79 Å². The zero-order valence-electron chi connectivity index (χ0n) is 9.41. The molecule has 2 aliphatic rings. The minimum Gasteiger partial charge on any atom is -0.347 e. The highest BCUT2D eigenvalue weighted by atomic mass is 35.5. The van der Waals surface area contributed by atoms with Crippen molar-refractivity contribution in [3.63, 3.8) is 0 Å². The van der Waals surface area contributed by atoms with E-state index in [0.717, 1.165) is 32.4 Å². The summed E-state index contributed by atoms with van der Waals surface area (Å²) in [6, 6.07) is 0. The molecule has 0 aromatic rings. The van der Waals surface area contributed by atoms with Gasteiger partial charge >= 0.3 is 0 Å². The lowest BCUT2D eigenvalue weighted by molar-refractivity contribution is -0.187. The summed E-state index contributed by atoms with van der Waals surface area (Å²) in [5.41, 5.74) is 0. The van der Waals surface area contributed by atoms with Crippen LogP contribution in [0.3, 0.4) is 0 Å². The van der Waals surface area contributed by atoms with Crippen molar-refractivity contribution in [1.82, 2.24) is 4.90 Å². The number of carbonyl (C=O) groups is 1. The van der Waals surface area contributed by atoms with Crippen LogP contribution >= 0.6 is 11.6 Å². The molecule has 2 saturated heterocycles. The fraction of sp³-hybridized carbons (Fsp3) is 0.909. The van der Waals surface area contributed by atoms with Gasteiger partial charge in [0.1, 0.15) is 0 Å². The first-order valence-electron chi connectivity index (χ1n) is 5.87. The number of likely N-dealkylation sites (tertiary alicyclic amines) is 1. The first kappa shape index (κ1) is 12.1. The van der Waals surface area contributed by atoms with Crippen molar-refractivity contribution in [2.45, 2.75) is 31.5 Å². The second-order valence-corrected chi connectivity index (χ2v) is 4.66. The van der Waals surface area contributed by atoms with E-state index in [1.165, 1.54) is 0 Å². The molecule has 0 aromatic carbocycles. The Kier molecular flexibility index (Phi) is 4.05. The van der Waals surface area contributed by atoms with Crippen molar-refractivity contribution >= 4 is 17.5 Å². The molecule has 16 heavy (non-hydrogen) atoms. The van der Waals surface area contributed by atoms with E-state index in [1.807, 2.05) is 4.90 Å². The van der Waals surface area contributed by atoms with Gasteiger partial charge in [0.25, 0.3) is 0 Å². The van der Waals surface area contributed by atoms with E-state index in [9.17, 15) is 4.79 Å². The maximum Gasteiger partial charge on any atom is 0.222 e. The first-order valence-corrected chi connectivity index (χ1v) is 6.41. The summed E-state index contributed by atoms with van der Waals surface area (Å²) in [5.74, 6) is 0.368. The number of piperidine rings is 1. The van der Waals surface area contributed by atoms with E-state index < -0.39 is 0 Å². The summed E-state index contributed by atoms with van der Waals surface area (Å²) in [6.07, 6.45) is 2.90. The number of amides is 1. The highest BCUT2D eigenvalue weighted by Crippen LogP contribution is 2.31. The Balaban J connectivity index is 1.78. The smallest absolute Gasteiger partial charge is 0.222 e. The molecule has 0 saturated carbocycles. The summed E-state index contributed by atoms with van der Waals surface area (Å²) in [5, 5.41) is 0. The Morgan fingerprint density at radius 1 is 1.25 bits per heavy atom. The Morgan fingerprint density at radius 2 is 1.88 bits per heavy atom. The normalized spacial score (nSPS) is 23.9. The molecule has 1 spiro atoms. The topological polar surface area (TPSA) is 38.8 Å². The molecule has 0 unspecified atom stereocenters. The molecule has 0 N–H and O–H groups in total. The predicted molar refractivity (Wildman–Crippen MR) is 60.4 cm³/mol. The quantitative estimate of drug-likeness (QED) is 0.707. The van der Waals surface area contributed by atoms with E-state index in [0.29, 0.717) is 25.5 Å². The van der Waals surface area contributed by atoms with E-state index in [-0.39, 0.29) is 11.7 Å². The van der Waals surface area contributed by atoms with E-state index in [1.54, 1.807) is 0 Å². The fourth-order valence-corrected chi connectivity index (χ4v) is 2.39. The number of hydrogen-bond donors (Lipinski definition) is 0. The Morgan fingerprint density at radius 3 is 2.44 bits per heavy atom. The number of carbonyl (C=O) groups excluding carboxylic acids is 1. The van der Waals surface area contributed by atoms with Crippen LogP contribution in [-0.4, -0.2) is 48.8 Å². The maximum absolute atomic E-state index is 11.7. The molecule has 1 amide bonds. The molecule has 5 heteroatoms. The van der Waals surface area contributed by atoms with Gasteiger partial charge in [-0.15, -0.1) is 11.6 Å². The van der Waals surface area contributed by atoms with Crippen LogP contribution in [0.5, 0.6) is 0 Å². The molecular weight excluding hydrogens is 230 g/mol. The van der Waals surface area contributed by atoms with Crippen molar-refractivity contribution in [1.29, 1.82) is 0 Å². The average Bonchev–Trinajstić information content (AvgIpc) is 2.75. The molecule has 0 atom stereocenters. The molecule has 2 rings (SSSR count). The van der Waals surface area contributed by atoms with Gasteiger partial charge in [-0.2, -0.15) is 0 Å². The Labute approximate surface area is 101 Å². The van der Waals surface area contributed by atoms with Crippen molar-refractivity contribution in [3.8, 4) is 0 Å². The lowest BCUT2D eigenvalue weighted by atomic mass is 10.0. The van der Waals surface area contributed by atoms with Gasteiger partial charge in [-0.1, -0.05) is 0 Å². The second kappa shape index (κ2) is 5.34. The molecular formula is C11H18ClNO3. The third-order valence-corrected chi connectivity index (χ3v) is 3.48. The molecule has 0 aromatic heterocycles. The third kappa shape index (κ3) is 2.67. The molecule has 0 bridgehead atoms. The number of alkyl halides is 1. The minimum absolute atomic E-state index is 0.202. The van der Waals surface area contributed by atoms with E-state index in [2.05, 4.69) is 0 Å². The van der Waals surface area contributed by atoms with Crippen LogP contribution in [0.15, 0.2) is 0 Å². The van der Waals surface area contributed by atoms with Gasteiger partial charge in [-0.3, -0.25) is 4.79 Å². The lowest BCUT2D eigenvalue weighted by Crippen LogP contribution is -2.47. The number of halogens is 1. The van der Waals surface area contributed by atoms with Crippen LogP contribution in [0.4, 0.5) is 0 Å². The van der Waals surface area contributed by atoms with Gasteiger partial charge in [-0.05, 0) is 6.42 Å². The fourth-order valence-electron chi connectivity index (χ4n) is 2.26. The highest BCUT2D eigenvalue weighted by Gasteiger charge is 2.40. The summed E-state index contributed by atoms with van der Waals surface area (Å²) >= 11 is 5.57. The molecule has 2 fully saturated rings. The largest absolute Gasteiger partial charge is 0.347 e. The summed E-state index contributed by atoms with van der Waals surface area (Å²) in [6.45, 7) is 2.84. The van der Waals surface area contributed by atoms with Gasteiger partial charge in [0, 0.05) is 38.2 Å². The van der Waals surface area contributed by atoms with Crippen molar-refractivity contribution in [2.24, 2.45) is 0 Å². The minimum atomic E-state index is -0.386. The Hall–Kier alpha value is -0.320. The first-order chi connectivity index (χ1) is 7.76. The SMILES string of the molecule is O=C(CCCCl)N1CCC2(CC1)OCCO2. The molecule has 2 heterocycles. The molecule has 92 valence electrons. The van der Waals surface area contributed by atoms with Crippen LogP contribution < -0.4 is 0 Å². The van der Waals surface area contributed by atoms with E-state index in [4.69, 9.17) is 21.1 Å². The number of rotatable bonds is 3. The zero-order chi connectivity index (χ0) is 11.4. The van der Waals surface area contributed by atoms with Gasteiger partial charge in [0.2, 0.25) is 5.91 Å². The van der Waals surface area contributed by atoms with Crippen molar-refractivity contribution in [2.75, 3.05) is 32.2 Å². The monoisotopic (exact) mass is 247 g/mol. The molecule has 4 nitrogen and oxygen atoms in total. The predicted octanol–water partition coefficient (Wildman–Crippen LogP) is 1.37. The van der Waals surface area contributed by atoms with Crippen LogP contribution in [-0.2, 0) is 14.3 Å². The summed E-state index contributed by atoms with van der Waals surface area (Å²) in [4.78, 5) is 13.6. The van der Waals surface area contributed by atoms with Crippen LogP contribution in [0, 0.1) is 0 Å². The van der Waals surface area contributed by atoms with Gasteiger partial charge in [0.05, 0.1) is 13.2 Å². The number of hydrogen-bond acceptors (Lipinski definition) is 3. The van der Waals surface area contributed by atoms with Crippen LogP contribution in [0.2, 0.25) is 0 Å². The Bertz CT molecular complexity index is 244. The van der Waals surface area contributed by atoms with Gasteiger partial charge < -0.3 is 14.4 Å². The number of nitrogens with zero attached hydrogens (tertiary/aromatic N) is 1. The highest BCUT2D eigenvalue weighted by molar-refractivity contribution is 6.17.